The Balaban J connectivity index is 3.28. The normalized spacial score (nSPS) is 13.6. The van der Waals surface area contributed by atoms with Gasteiger partial charge in [-0.2, -0.15) is 0 Å². The number of sulfone groups is 1. The summed E-state index contributed by atoms with van der Waals surface area (Å²) in [5.41, 5.74) is 5.46. The van der Waals surface area contributed by atoms with Crippen molar-refractivity contribution in [3.05, 3.63) is 0 Å². The van der Waals surface area contributed by atoms with E-state index in [2.05, 4.69) is 6.92 Å². The molecule has 0 saturated heterocycles. The van der Waals surface area contributed by atoms with E-state index in [1.807, 2.05) is 0 Å². The topological polar surface area (TPSA) is 87.9 Å². The molecule has 0 radical (unpaired) electrons. The molecule has 1 unspecified atom stereocenters. The Morgan fingerprint density at radius 2 is 1.45 bits per heavy atom. The van der Waals surface area contributed by atoms with Gasteiger partial charge in [0.1, 0.15) is 0 Å². The second-order valence-corrected chi connectivity index (χ2v) is 7.01. The molecule has 0 aliphatic heterocycles. The van der Waals surface area contributed by atoms with Crippen molar-refractivity contribution in [2.45, 2.75) is 32.7 Å². The van der Waals surface area contributed by atoms with Gasteiger partial charge in [0.25, 0.3) is 0 Å². The van der Waals surface area contributed by atoms with Crippen molar-refractivity contribution >= 4 is 9.84 Å². The van der Waals surface area contributed by atoms with E-state index in [-0.39, 0.29) is 24.2 Å². The Hall–Kier alpha value is -0.210. The monoisotopic (exact) mass is 311 g/mol. The third-order valence-corrected chi connectivity index (χ3v) is 4.26. The first-order chi connectivity index (χ1) is 9.48. The number of unbranched alkanes of at least 4 members (excludes halogenated alkanes) is 1. The average Bonchev–Trinajstić information content (AvgIpc) is 2.34. The average molecular weight is 311 g/mol. The lowest BCUT2D eigenvalue weighted by molar-refractivity contribution is 0.0167. The van der Waals surface area contributed by atoms with E-state index in [9.17, 15) is 8.42 Å². The summed E-state index contributed by atoms with van der Waals surface area (Å²) >= 11 is 0. The molecule has 0 rings (SSSR count). The zero-order valence-corrected chi connectivity index (χ0v) is 13.5. The predicted octanol–water partition coefficient (Wildman–Crippen LogP) is 0.598. The minimum absolute atomic E-state index is 0.00194. The minimum atomic E-state index is -3.10. The van der Waals surface area contributed by atoms with Crippen LogP contribution in [0.1, 0.15) is 26.7 Å². The fourth-order valence-corrected chi connectivity index (χ4v) is 2.80. The van der Waals surface area contributed by atoms with Crippen LogP contribution in [0, 0.1) is 0 Å². The zero-order valence-electron chi connectivity index (χ0n) is 12.7. The van der Waals surface area contributed by atoms with E-state index in [1.165, 1.54) is 0 Å². The molecule has 2 N–H and O–H groups in total. The van der Waals surface area contributed by atoms with Crippen LogP contribution in [0.2, 0.25) is 0 Å². The van der Waals surface area contributed by atoms with E-state index < -0.39 is 9.84 Å². The van der Waals surface area contributed by atoms with Crippen LogP contribution < -0.4 is 5.73 Å². The van der Waals surface area contributed by atoms with Gasteiger partial charge in [-0.05, 0) is 13.3 Å². The minimum Gasteiger partial charge on any atom is -0.379 e. The van der Waals surface area contributed by atoms with Gasteiger partial charge in [0, 0.05) is 12.6 Å². The molecule has 7 heteroatoms. The number of nitrogens with two attached hydrogens (primary N) is 1. The highest BCUT2D eigenvalue weighted by Crippen LogP contribution is 1.94. The Bertz CT molecular complexity index is 306. The summed E-state index contributed by atoms with van der Waals surface area (Å²) in [6.07, 6.45) is 2.19. The van der Waals surface area contributed by atoms with Crippen molar-refractivity contribution in [1.29, 1.82) is 0 Å². The predicted molar refractivity (Wildman–Crippen MR) is 79.7 cm³/mol. The number of ether oxygens (including phenoxy) is 3. The molecular formula is C13H29NO5S. The summed E-state index contributed by atoms with van der Waals surface area (Å²) in [7, 11) is -3.10. The van der Waals surface area contributed by atoms with Gasteiger partial charge in [-0.15, -0.1) is 0 Å². The molecule has 0 aliphatic rings. The van der Waals surface area contributed by atoms with Crippen LogP contribution >= 0.6 is 0 Å². The lowest BCUT2D eigenvalue weighted by Crippen LogP contribution is -2.29. The van der Waals surface area contributed by atoms with Gasteiger partial charge >= 0.3 is 0 Å². The molecule has 122 valence electrons. The van der Waals surface area contributed by atoms with Crippen LogP contribution in [-0.4, -0.2) is 65.6 Å². The van der Waals surface area contributed by atoms with Gasteiger partial charge in [-0.1, -0.05) is 13.3 Å². The van der Waals surface area contributed by atoms with Gasteiger partial charge in [0.2, 0.25) is 0 Å². The maximum absolute atomic E-state index is 11.5. The highest BCUT2D eigenvalue weighted by molar-refractivity contribution is 7.91. The fourth-order valence-electron chi connectivity index (χ4n) is 1.46. The summed E-state index contributed by atoms with van der Waals surface area (Å²) < 4.78 is 38.8. The van der Waals surface area contributed by atoms with Crippen LogP contribution in [0.15, 0.2) is 0 Å². The fraction of sp³-hybridized carbons (Fsp3) is 1.00. The van der Waals surface area contributed by atoms with Crippen molar-refractivity contribution < 1.29 is 22.6 Å². The molecule has 0 amide bonds. The SMILES string of the molecule is CCCCOCCOCCOCCS(=O)(=O)CC(C)N. The molecule has 1 atom stereocenters. The molecule has 0 heterocycles. The Morgan fingerprint density at radius 1 is 0.950 bits per heavy atom. The third kappa shape index (κ3) is 14.2. The first kappa shape index (κ1) is 19.8. The van der Waals surface area contributed by atoms with Gasteiger partial charge in [-0.3, -0.25) is 0 Å². The summed E-state index contributed by atoms with van der Waals surface area (Å²) in [5.74, 6) is 0.0105. The van der Waals surface area contributed by atoms with Crippen LogP contribution in [0.3, 0.4) is 0 Å². The second-order valence-electron chi connectivity index (χ2n) is 4.78. The van der Waals surface area contributed by atoms with Crippen molar-refractivity contribution in [2.75, 3.05) is 51.1 Å². The Kier molecular flexibility index (Phi) is 12.4. The van der Waals surface area contributed by atoms with Crippen molar-refractivity contribution in [3.8, 4) is 0 Å². The van der Waals surface area contributed by atoms with Crippen LogP contribution in [-0.2, 0) is 24.0 Å². The maximum atomic E-state index is 11.5. The van der Waals surface area contributed by atoms with E-state index >= 15 is 0 Å². The van der Waals surface area contributed by atoms with Crippen molar-refractivity contribution in [1.82, 2.24) is 0 Å². The number of hydrogen-bond acceptors (Lipinski definition) is 6. The maximum Gasteiger partial charge on any atom is 0.154 e. The lowest BCUT2D eigenvalue weighted by atomic mass is 10.4. The smallest absolute Gasteiger partial charge is 0.154 e. The number of rotatable bonds is 14. The molecule has 0 spiro atoms. The number of hydrogen-bond donors (Lipinski definition) is 1. The molecule has 0 saturated carbocycles. The summed E-state index contributed by atoms with van der Waals surface area (Å²) in [5, 5.41) is 0. The highest BCUT2D eigenvalue weighted by atomic mass is 32.2. The van der Waals surface area contributed by atoms with Crippen LogP contribution in [0.4, 0.5) is 0 Å². The molecule has 0 aromatic carbocycles. The highest BCUT2D eigenvalue weighted by Gasteiger charge is 2.12. The van der Waals surface area contributed by atoms with Crippen molar-refractivity contribution in [3.63, 3.8) is 0 Å². The summed E-state index contributed by atoms with van der Waals surface area (Å²) in [4.78, 5) is 0. The largest absolute Gasteiger partial charge is 0.379 e. The molecule has 20 heavy (non-hydrogen) atoms. The Labute approximate surface area is 122 Å². The summed E-state index contributed by atoms with van der Waals surface area (Å²) in [6.45, 7) is 6.71. The zero-order chi connectivity index (χ0) is 15.3. The van der Waals surface area contributed by atoms with Crippen molar-refractivity contribution in [2.24, 2.45) is 5.73 Å². The first-order valence-electron chi connectivity index (χ1n) is 7.17. The molecule has 0 aromatic rings. The molecule has 0 aromatic heterocycles. The lowest BCUT2D eigenvalue weighted by Gasteiger charge is -2.08. The van der Waals surface area contributed by atoms with Crippen LogP contribution in [0.5, 0.6) is 0 Å². The molecule has 0 bridgehead atoms. The molecular weight excluding hydrogens is 282 g/mol. The quantitative estimate of drug-likeness (QED) is 0.473. The standard InChI is InChI=1S/C13H29NO5S/c1-3-4-5-17-6-7-18-8-9-19-10-11-20(15,16)12-13(2)14/h13H,3-12,14H2,1-2H3. The van der Waals surface area contributed by atoms with E-state index in [1.54, 1.807) is 6.92 Å². The van der Waals surface area contributed by atoms with E-state index in [4.69, 9.17) is 19.9 Å². The summed E-state index contributed by atoms with van der Waals surface area (Å²) in [6, 6.07) is -0.337. The van der Waals surface area contributed by atoms with E-state index in [0.29, 0.717) is 26.4 Å². The van der Waals surface area contributed by atoms with Gasteiger partial charge < -0.3 is 19.9 Å². The Morgan fingerprint density at radius 3 is 1.95 bits per heavy atom. The van der Waals surface area contributed by atoms with Gasteiger partial charge in [-0.25, -0.2) is 8.42 Å². The second kappa shape index (κ2) is 12.5. The van der Waals surface area contributed by atoms with E-state index in [0.717, 1.165) is 19.4 Å². The van der Waals surface area contributed by atoms with Gasteiger partial charge in [0.15, 0.2) is 9.84 Å². The first-order valence-corrected chi connectivity index (χ1v) is 8.99. The third-order valence-electron chi connectivity index (χ3n) is 2.44. The van der Waals surface area contributed by atoms with Crippen LogP contribution in [0.25, 0.3) is 0 Å². The van der Waals surface area contributed by atoms with Gasteiger partial charge in [0.05, 0.1) is 44.5 Å². The molecule has 6 nitrogen and oxygen atoms in total. The molecule has 0 fully saturated rings. The molecule has 0 aliphatic carbocycles.